The van der Waals surface area contributed by atoms with Gasteiger partial charge >= 0.3 is 5.97 Å². The number of nitrogens with two attached hydrogens (primary N) is 1. The Labute approximate surface area is 146 Å². The zero-order chi connectivity index (χ0) is 17.7. The minimum Gasteiger partial charge on any atom is -0.447 e. The molecule has 1 rings (SSSR count). The zero-order valence-electron chi connectivity index (χ0n) is 15.1. The zero-order valence-corrected chi connectivity index (χ0v) is 15.1. The van der Waals surface area contributed by atoms with Crippen LogP contribution in [0.5, 0.6) is 0 Å². The van der Waals surface area contributed by atoms with Crippen LogP contribution in [0.15, 0.2) is 24.3 Å². The van der Waals surface area contributed by atoms with E-state index in [-0.39, 0.29) is 5.78 Å². The number of rotatable bonds is 13. The van der Waals surface area contributed by atoms with E-state index in [2.05, 4.69) is 0 Å². The number of hydrogen-bond acceptors (Lipinski definition) is 4. The van der Waals surface area contributed by atoms with E-state index < -0.39 is 11.6 Å². The normalized spacial score (nSPS) is 19.7. The molecule has 0 aromatic heterocycles. The Morgan fingerprint density at radius 1 is 0.958 bits per heavy atom. The molecule has 0 heterocycles. The van der Waals surface area contributed by atoms with Crippen LogP contribution in [0, 0.1) is 0 Å². The first-order valence-electron chi connectivity index (χ1n) is 9.41. The Morgan fingerprint density at radius 2 is 1.50 bits per heavy atom. The lowest BCUT2D eigenvalue weighted by Gasteiger charge is -2.29. The van der Waals surface area contributed by atoms with Crippen LogP contribution in [0.25, 0.3) is 0 Å². The molecule has 24 heavy (non-hydrogen) atoms. The fourth-order valence-corrected chi connectivity index (χ4v) is 3.12. The van der Waals surface area contributed by atoms with Gasteiger partial charge in [-0.15, -0.1) is 0 Å². The van der Waals surface area contributed by atoms with Crippen LogP contribution in [-0.2, 0) is 14.3 Å². The smallest absolute Gasteiger partial charge is 0.303 e. The minimum absolute atomic E-state index is 0.127. The van der Waals surface area contributed by atoms with E-state index in [4.69, 9.17) is 10.5 Å². The standard InChI is InChI=1S/C20H33NO3/c1-18(22)24-20(16-12-10-14-19(20)23)15-11-8-6-4-2-3-5-7-9-13-17-21/h10,12,14,16H,2-9,11,13,15,17,21H2,1H3. The number of esters is 1. The molecule has 1 aliphatic carbocycles. The largest absolute Gasteiger partial charge is 0.447 e. The molecule has 1 aliphatic rings. The molecule has 4 nitrogen and oxygen atoms in total. The number of allylic oxidation sites excluding steroid dienone is 2. The Morgan fingerprint density at radius 3 is 2.00 bits per heavy atom. The molecule has 0 saturated heterocycles. The minimum atomic E-state index is -1.07. The van der Waals surface area contributed by atoms with E-state index in [0.29, 0.717) is 6.42 Å². The Balaban J connectivity index is 2.14. The molecule has 2 N–H and O–H groups in total. The quantitative estimate of drug-likeness (QED) is 0.404. The molecular formula is C20H33NO3. The predicted octanol–water partition coefficient (Wildman–Crippen LogP) is 4.23. The lowest BCUT2D eigenvalue weighted by Crippen LogP contribution is -2.41. The highest BCUT2D eigenvalue weighted by molar-refractivity contribution is 6.01. The third kappa shape index (κ3) is 7.91. The van der Waals surface area contributed by atoms with Crippen molar-refractivity contribution < 1.29 is 14.3 Å². The Kier molecular flexibility index (Phi) is 10.3. The lowest BCUT2D eigenvalue weighted by molar-refractivity contribution is -0.159. The summed E-state index contributed by atoms with van der Waals surface area (Å²) in [6.45, 7) is 2.16. The van der Waals surface area contributed by atoms with Gasteiger partial charge in [-0.25, -0.2) is 0 Å². The van der Waals surface area contributed by atoms with Crippen LogP contribution in [0.1, 0.15) is 77.6 Å². The molecule has 0 aliphatic heterocycles. The molecule has 0 saturated carbocycles. The van der Waals surface area contributed by atoms with Crippen molar-refractivity contribution in [1.29, 1.82) is 0 Å². The van der Waals surface area contributed by atoms with Crippen molar-refractivity contribution >= 4 is 11.8 Å². The average molecular weight is 335 g/mol. The second kappa shape index (κ2) is 12.0. The summed E-state index contributed by atoms with van der Waals surface area (Å²) in [6.07, 6.45) is 19.2. The van der Waals surface area contributed by atoms with Gasteiger partial charge in [0.1, 0.15) is 0 Å². The summed E-state index contributed by atoms with van der Waals surface area (Å²) in [4.78, 5) is 23.5. The number of hydrogen-bond donors (Lipinski definition) is 1. The maximum absolute atomic E-state index is 12.1. The number of carbonyl (C=O) groups excluding carboxylic acids is 2. The monoisotopic (exact) mass is 335 g/mol. The van der Waals surface area contributed by atoms with E-state index >= 15 is 0 Å². The molecule has 4 heteroatoms. The summed E-state index contributed by atoms with van der Waals surface area (Å²) in [6, 6.07) is 0. The van der Waals surface area contributed by atoms with Gasteiger partial charge in [0.25, 0.3) is 0 Å². The van der Waals surface area contributed by atoms with E-state index in [1.165, 1.54) is 57.9 Å². The summed E-state index contributed by atoms with van der Waals surface area (Å²) in [5.74, 6) is -0.532. The van der Waals surface area contributed by atoms with Gasteiger partial charge in [0.05, 0.1) is 0 Å². The van der Waals surface area contributed by atoms with Crippen molar-refractivity contribution in [3.63, 3.8) is 0 Å². The van der Waals surface area contributed by atoms with Crippen LogP contribution in [0.4, 0.5) is 0 Å². The molecule has 0 radical (unpaired) electrons. The highest BCUT2D eigenvalue weighted by Crippen LogP contribution is 2.27. The van der Waals surface area contributed by atoms with E-state index in [1.807, 2.05) is 0 Å². The molecule has 0 aromatic carbocycles. The Bertz CT molecular complexity index is 442. The average Bonchev–Trinajstić information content (AvgIpc) is 2.55. The summed E-state index contributed by atoms with van der Waals surface area (Å²) in [5.41, 5.74) is 4.41. The molecule has 0 bridgehead atoms. The number of unbranched alkanes of at least 4 members (excludes halogenated alkanes) is 9. The van der Waals surface area contributed by atoms with Crippen LogP contribution in [0.3, 0.4) is 0 Å². The van der Waals surface area contributed by atoms with E-state index in [9.17, 15) is 9.59 Å². The molecular weight excluding hydrogens is 302 g/mol. The highest BCUT2D eigenvalue weighted by Gasteiger charge is 2.37. The van der Waals surface area contributed by atoms with Crippen molar-refractivity contribution in [3.05, 3.63) is 24.3 Å². The summed E-state index contributed by atoms with van der Waals surface area (Å²) < 4.78 is 5.35. The van der Waals surface area contributed by atoms with Crippen molar-refractivity contribution in [1.82, 2.24) is 0 Å². The van der Waals surface area contributed by atoms with Gasteiger partial charge in [-0.2, -0.15) is 0 Å². The first-order valence-corrected chi connectivity index (χ1v) is 9.41. The maximum atomic E-state index is 12.1. The number of carbonyl (C=O) groups is 2. The van der Waals surface area contributed by atoms with Gasteiger partial charge in [0.2, 0.25) is 5.78 Å². The topological polar surface area (TPSA) is 69.4 Å². The van der Waals surface area contributed by atoms with Crippen LogP contribution >= 0.6 is 0 Å². The van der Waals surface area contributed by atoms with Crippen molar-refractivity contribution in [2.45, 2.75) is 83.2 Å². The summed E-state index contributed by atoms with van der Waals surface area (Å²) in [5, 5.41) is 0. The molecule has 0 aromatic rings. The number of ether oxygens (including phenoxy) is 1. The van der Waals surface area contributed by atoms with Crippen molar-refractivity contribution in [3.8, 4) is 0 Å². The van der Waals surface area contributed by atoms with Crippen molar-refractivity contribution in [2.24, 2.45) is 5.73 Å². The second-order valence-corrected chi connectivity index (χ2v) is 6.64. The van der Waals surface area contributed by atoms with Gasteiger partial charge in [-0.1, -0.05) is 63.5 Å². The number of ketones is 1. The molecule has 0 amide bonds. The third-order valence-corrected chi connectivity index (χ3v) is 4.47. The lowest BCUT2D eigenvalue weighted by atomic mass is 9.87. The predicted molar refractivity (Wildman–Crippen MR) is 97.6 cm³/mol. The SMILES string of the molecule is CC(=O)OC1(CCCCCCCCCCCCN)C=CC=CC1=O. The molecule has 136 valence electrons. The highest BCUT2D eigenvalue weighted by atomic mass is 16.6. The molecule has 0 fully saturated rings. The first-order chi connectivity index (χ1) is 11.6. The maximum Gasteiger partial charge on any atom is 0.303 e. The Hall–Kier alpha value is -1.42. The molecule has 0 spiro atoms. The van der Waals surface area contributed by atoms with Crippen molar-refractivity contribution in [2.75, 3.05) is 6.54 Å². The first kappa shape index (κ1) is 20.6. The fourth-order valence-electron chi connectivity index (χ4n) is 3.12. The van der Waals surface area contributed by atoms with Crippen LogP contribution in [-0.4, -0.2) is 23.9 Å². The van der Waals surface area contributed by atoms with E-state index in [0.717, 1.165) is 25.8 Å². The molecule has 1 atom stereocenters. The molecule has 1 unspecified atom stereocenters. The van der Waals surface area contributed by atoms with Gasteiger partial charge < -0.3 is 10.5 Å². The van der Waals surface area contributed by atoms with Crippen LogP contribution < -0.4 is 5.73 Å². The van der Waals surface area contributed by atoms with Gasteiger partial charge in [0.15, 0.2) is 5.60 Å². The van der Waals surface area contributed by atoms with E-state index in [1.54, 1.807) is 18.2 Å². The van der Waals surface area contributed by atoms with Gasteiger partial charge in [0, 0.05) is 6.92 Å². The summed E-state index contributed by atoms with van der Waals surface area (Å²) in [7, 11) is 0. The fraction of sp³-hybridized carbons (Fsp3) is 0.700. The second-order valence-electron chi connectivity index (χ2n) is 6.64. The van der Waals surface area contributed by atoms with Gasteiger partial charge in [-0.05, 0) is 38.0 Å². The van der Waals surface area contributed by atoms with Gasteiger partial charge in [-0.3, -0.25) is 9.59 Å². The summed E-state index contributed by atoms with van der Waals surface area (Å²) >= 11 is 0. The van der Waals surface area contributed by atoms with Crippen LogP contribution in [0.2, 0.25) is 0 Å². The third-order valence-electron chi connectivity index (χ3n) is 4.47.